The van der Waals surface area contributed by atoms with Gasteiger partial charge in [0, 0.05) is 9.90 Å². The van der Waals surface area contributed by atoms with Gasteiger partial charge < -0.3 is 5.32 Å². The van der Waals surface area contributed by atoms with Crippen LogP contribution in [0.15, 0.2) is 35.7 Å². The summed E-state index contributed by atoms with van der Waals surface area (Å²) in [6, 6.07) is 10.4. The number of nitrogens with one attached hydrogen (secondary N) is 1. The minimum atomic E-state index is 0.330. The standard InChI is InChI=1S/C14H13ClN2S2/c1-2-10(12-4-3-7-18-12)16-14-17-11-6-5-9(15)8-13(11)19-14/h3-8,10H,2H2,1H3,(H,16,17). The van der Waals surface area contributed by atoms with Gasteiger partial charge in [-0.25, -0.2) is 4.98 Å². The smallest absolute Gasteiger partial charge is 0.184 e. The van der Waals surface area contributed by atoms with Crippen molar-refractivity contribution in [2.24, 2.45) is 0 Å². The van der Waals surface area contributed by atoms with Crippen molar-refractivity contribution in [3.8, 4) is 0 Å². The Labute approximate surface area is 125 Å². The largest absolute Gasteiger partial charge is 0.354 e. The molecule has 0 aliphatic carbocycles. The van der Waals surface area contributed by atoms with E-state index >= 15 is 0 Å². The fourth-order valence-electron chi connectivity index (χ4n) is 1.97. The number of aromatic nitrogens is 1. The molecule has 19 heavy (non-hydrogen) atoms. The molecule has 2 heterocycles. The van der Waals surface area contributed by atoms with Gasteiger partial charge in [-0.1, -0.05) is 35.9 Å². The number of nitrogens with zero attached hydrogens (tertiary/aromatic N) is 1. The fraction of sp³-hybridized carbons (Fsp3) is 0.214. The first-order valence-corrected chi connectivity index (χ1v) is 8.19. The summed E-state index contributed by atoms with van der Waals surface area (Å²) in [5.74, 6) is 0. The average molecular weight is 309 g/mol. The molecule has 2 aromatic heterocycles. The van der Waals surface area contributed by atoms with Gasteiger partial charge in [0.15, 0.2) is 5.13 Å². The van der Waals surface area contributed by atoms with E-state index in [2.05, 4.69) is 34.7 Å². The summed E-state index contributed by atoms with van der Waals surface area (Å²) in [5, 5.41) is 7.34. The maximum Gasteiger partial charge on any atom is 0.184 e. The van der Waals surface area contributed by atoms with Crippen LogP contribution in [-0.2, 0) is 0 Å². The van der Waals surface area contributed by atoms with Crippen LogP contribution in [0, 0.1) is 0 Å². The molecule has 0 aliphatic rings. The third kappa shape index (κ3) is 2.76. The maximum absolute atomic E-state index is 6.00. The summed E-state index contributed by atoms with van der Waals surface area (Å²) >= 11 is 9.43. The summed E-state index contributed by atoms with van der Waals surface area (Å²) in [6.07, 6.45) is 1.04. The molecule has 0 fully saturated rings. The molecular formula is C14H13ClN2S2. The molecule has 0 saturated heterocycles. The zero-order valence-corrected chi connectivity index (χ0v) is 12.8. The van der Waals surface area contributed by atoms with Gasteiger partial charge in [-0.3, -0.25) is 0 Å². The monoisotopic (exact) mass is 308 g/mol. The van der Waals surface area contributed by atoms with Gasteiger partial charge in [-0.15, -0.1) is 11.3 Å². The zero-order chi connectivity index (χ0) is 13.2. The molecule has 1 N–H and O–H groups in total. The van der Waals surface area contributed by atoms with Crippen molar-refractivity contribution in [3.63, 3.8) is 0 Å². The summed E-state index contributed by atoms with van der Waals surface area (Å²) in [6.45, 7) is 2.18. The van der Waals surface area contributed by atoms with E-state index in [4.69, 9.17) is 11.6 Å². The lowest BCUT2D eigenvalue weighted by molar-refractivity contribution is 0.763. The van der Waals surface area contributed by atoms with Crippen LogP contribution in [0.1, 0.15) is 24.3 Å². The number of benzene rings is 1. The van der Waals surface area contributed by atoms with Crippen molar-refractivity contribution < 1.29 is 0 Å². The average Bonchev–Trinajstić information content (AvgIpc) is 3.04. The zero-order valence-electron chi connectivity index (χ0n) is 10.4. The quantitative estimate of drug-likeness (QED) is 0.681. The molecule has 3 rings (SSSR count). The van der Waals surface area contributed by atoms with Crippen LogP contribution in [0.25, 0.3) is 10.2 Å². The van der Waals surface area contributed by atoms with Crippen LogP contribution in [0.4, 0.5) is 5.13 Å². The number of anilines is 1. The van der Waals surface area contributed by atoms with Gasteiger partial charge in [0.25, 0.3) is 0 Å². The molecule has 0 spiro atoms. The van der Waals surface area contributed by atoms with Crippen LogP contribution in [0.2, 0.25) is 5.02 Å². The highest BCUT2D eigenvalue weighted by atomic mass is 35.5. The predicted molar refractivity (Wildman–Crippen MR) is 85.6 cm³/mol. The first-order chi connectivity index (χ1) is 9.26. The molecule has 1 unspecified atom stereocenters. The van der Waals surface area contributed by atoms with E-state index in [1.54, 1.807) is 22.7 Å². The van der Waals surface area contributed by atoms with E-state index in [-0.39, 0.29) is 0 Å². The molecule has 3 aromatic rings. The van der Waals surface area contributed by atoms with E-state index in [0.29, 0.717) is 6.04 Å². The third-order valence-electron chi connectivity index (χ3n) is 2.94. The van der Waals surface area contributed by atoms with Gasteiger partial charge in [0.2, 0.25) is 0 Å². The molecule has 0 bridgehead atoms. The Hall–Kier alpha value is -1.10. The highest BCUT2D eigenvalue weighted by Crippen LogP contribution is 2.32. The van der Waals surface area contributed by atoms with Crippen LogP contribution >= 0.6 is 34.3 Å². The molecule has 0 aliphatic heterocycles. The molecule has 2 nitrogen and oxygen atoms in total. The lowest BCUT2D eigenvalue weighted by atomic mass is 10.2. The Morgan fingerprint density at radius 3 is 3.00 bits per heavy atom. The maximum atomic E-state index is 6.00. The Bertz CT molecular complexity index is 676. The predicted octanol–water partition coefficient (Wildman–Crippen LogP) is 5.57. The Balaban J connectivity index is 1.88. The fourth-order valence-corrected chi connectivity index (χ4v) is 4.03. The van der Waals surface area contributed by atoms with Crippen molar-refractivity contribution in [2.45, 2.75) is 19.4 Å². The second-order valence-electron chi connectivity index (χ2n) is 4.25. The lowest BCUT2D eigenvalue weighted by Crippen LogP contribution is -2.07. The van der Waals surface area contributed by atoms with Crippen LogP contribution in [0.5, 0.6) is 0 Å². The minimum absolute atomic E-state index is 0.330. The SMILES string of the molecule is CCC(Nc1nc2ccc(Cl)cc2s1)c1cccs1. The van der Waals surface area contributed by atoms with Gasteiger partial charge in [0.05, 0.1) is 16.3 Å². The number of hydrogen-bond acceptors (Lipinski definition) is 4. The number of fused-ring (bicyclic) bond motifs is 1. The Kier molecular flexibility index (Phi) is 3.73. The van der Waals surface area contributed by atoms with Crippen molar-refractivity contribution in [2.75, 3.05) is 5.32 Å². The van der Waals surface area contributed by atoms with Gasteiger partial charge in [-0.05, 0) is 36.1 Å². The highest BCUT2D eigenvalue weighted by Gasteiger charge is 2.12. The minimum Gasteiger partial charge on any atom is -0.354 e. The Morgan fingerprint density at radius 1 is 1.37 bits per heavy atom. The molecule has 0 saturated carbocycles. The number of hydrogen-bond donors (Lipinski definition) is 1. The molecular weight excluding hydrogens is 296 g/mol. The van der Waals surface area contributed by atoms with Crippen molar-refractivity contribution in [3.05, 3.63) is 45.6 Å². The summed E-state index contributed by atoms with van der Waals surface area (Å²) in [5.41, 5.74) is 0.998. The van der Waals surface area contributed by atoms with Crippen LogP contribution < -0.4 is 5.32 Å². The topological polar surface area (TPSA) is 24.9 Å². The van der Waals surface area contributed by atoms with Gasteiger partial charge in [0.1, 0.15) is 0 Å². The van der Waals surface area contributed by atoms with E-state index in [0.717, 1.165) is 26.8 Å². The first-order valence-electron chi connectivity index (χ1n) is 6.12. The van der Waals surface area contributed by atoms with E-state index in [9.17, 15) is 0 Å². The second-order valence-corrected chi connectivity index (χ2v) is 6.70. The van der Waals surface area contributed by atoms with Crippen LogP contribution in [0.3, 0.4) is 0 Å². The number of rotatable bonds is 4. The van der Waals surface area contributed by atoms with E-state index in [1.165, 1.54) is 4.88 Å². The summed E-state index contributed by atoms with van der Waals surface area (Å²) in [4.78, 5) is 5.95. The third-order valence-corrected chi connectivity index (χ3v) is 5.11. The summed E-state index contributed by atoms with van der Waals surface area (Å²) < 4.78 is 1.12. The van der Waals surface area contributed by atoms with Crippen molar-refractivity contribution in [1.82, 2.24) is 4.98 Å². The lowest BCUT2D eigenvalue weighted by Gasteiger charge is -2.13. The Morgan fingerprint density at radius 2 is 2.26 bits per heavy atom. The molecule has 1 atom stereocenters. The van der Waals surface area contributed by atoms with Gasteiger partial charge >= 0.3 is 0 Å². The molecule has 0 radical (unpaired) electrons. The number of halogens is 1. The molecule has 98 valence electrons. The van der Waals surface area contributed by atoms with Crippen molar-refractivity contribution in [1.29, 1.82) is 0 Å². The normalized spacial score (nSPS) is 12.7. The van der Waals surface area contributed by atoms with Crippen LogP contribution in [-0.4, -0.2) is 4.98 Å². The van der Waals surface area contributed by atoms with Gasteiger partial charge in [-0.2, -0.15) is 0 Å². The van der Waals surface area contributed by atoms with E-state index in [1.807, 2.05) is 18.2 Å². The number of thiazole rings is 1. The summed E-state index contributed by atoms with van der Waals surface area (Å²) in [7, 11) is 0. The highest BCUT2D eigenvalue weighted by molar-refractivity contribution is 7.22. The molecule has 0 amide bonds. The molecule has 5 heteroatoms. The second kappa shape index (κ2) is 5.49. The molecule has 1 aromatic carbocycles. The van der Waals surface area contributed by atoms with E-state index < -0.39 is 0 Å². The first kappa shape index (κ1) is 12.9. The number of thiophene rings is 1. The van der Waals surface area contributed by atoms with Crippen molar-refractivity contribution >= 4 is 49.6 Å².